The largest absolute Gasteiger partial charge is 0.453 e. The van der Waals surface area contributed by atoms with Crippen LogP contribution in [0.25, 0.3) is 0 Å². The van der Waals surface area contributed by atoms with E-state index in [4.69, 9.17) is 9.26 Å². The van der Waals surface area contributed by atoms with Crippen molar-refractivity contribution in [3.8, 4) is 0 Å². The molecular formula is C19H34IN5O3. The van der Waals surface area contributed by atoms with Crippen LogP contribution in [0.3, 0.4) is 0 Å². The first kappa shape index (κ1) is 24.5. The first-order valence-corrected chi connectivity index (χ1v) is 9.94. The van der Waals surface area contributed by atoms with Gasteiger partial charge in [-0.25, -0.2) is 9.79 Å². The molecule has 8 nitrogen and oxygen atoms in total. The molecule has 1 fully saturated rings. The number of amides is 1. The Balaban J connectivity index is 0.00000392. The molecule has 0 aromatic carbocycles. The molecule has 0 atom stereocenters. The fraction of sp³-hybridized carbons (Fsp3) is 0.737. The minimum atomic E-state index is -0.257. The third kappa shape index (κ3) is 7.14. The highest BCUT2D eigenvalue weighted by atomic mass is 127. The van der Waals surface area contributed by atoms with Crippen LogP contribution in [0.1, 0.15) is 63.8 Å². The Morgan fingerprint density at radius 2 is 2.04 bits per heavy atom. The van der Waals surface area contributed by atoms with Crippen LogP contribution >= 0.6 is 24.0 Å². The van der Waals surface area contributed by atoms with E-state index in [-0.39, 0.29) is 36.1 Å². The second-order valence-electron chi connectivity index (χ2n) is 6.80. The van der Waals surface area contributed by atoms with Gasteiger partial charge in [-0.2, -0.15) is 0 Å². The number of piperidine rings is 1. The van der Waals surface area contributed by atoms with Gasteiger partial charge in [0.15, 0.2) is 11.7 Å². The van der Waals surface area contributed by atoms with E-state index >= 15 is 0 Å². The lowest BCUT2D eigenvalue weighted by Gasteiger charge is -2.32. The fourth-order valence-corrected chi connectivity index (χ4v) is 3.31. The van der Waals surface area contributed by atoms with Gasteiger partial charge in [-0.1, -0.05) is 19.0 Å². The van der Waals surface area contributed by atoms with E-state index in [2.05, 4.69) is 34.6 Å². The second kappa shape index (κ2) is 12.8. The summed E-state index contributed by atoms with van der Waals surface area (Å²) >= 11 is 0. The Kier molecular flexibility index (Phi) is 11.2. The van der Waals surface area contributed by atoms with E-state index in [0.717, 1.165) is 49.6 Å². The number of hydrogen-bond acceptors (Lipinski definition) is 5. The lowest BCUT2D eigenvalue weighted by Crippen LogP contribution is -2.49. The summed E-state index contributed by atoms with van der Waals surface area (Å²) in [6.45, 7) is 8.97. The molecule has 2 rings (SSSR count). The van der Waals surface area contributed by atoms with Crippen LogP contribution < -0.4 is 10.6 Å². The highest BCUT2D eigenvalue weighted by Gasteiger charge is 2.23. The van der Waals surface area contributed by atoms with E-state index in [1.54, 1.807) is 4.90 Å². The molecule has 1 saturated heterocycles. The maximum absolute atomic E-state index is 11.6. The molecule has 1 aromatic rings. The van der Waals surface area contributed by atoms with Crippen LogP contribution in [0.5, 0.6) is 0 Å². The second-order valence-corrected chi connectivity index (χ2v) is 6.80. The van der Waals surface area contributed by atoms with E-state index in [1.807, 2.05) is 13.0 Å². The normalized spacial score (nSPS) is 15.3. The van der Waals surface area contributed by atoms with Crippen molar-refractivity contribution in [2.45, 2.75) is 65.0 Å². The standard InChI is InChI=1S/C19H33N5O3.HI/c1-5-14(6-2)17-12-16(27-23-17)13-21-18(20-7-3)22-15-8-10-24(11-9-15)19(25)26-4;/h12,14-15H,5-11,13H2,1-4H3,(H2,20,21,22);1H. The van der Waals surface area contributed by atoms with Crippen molar-refractivity contribution in [1.82, 2.24) is 20.7 Å². The van der Waals surface area contributed by atoms with Crippen molar-refractivity contribution in [2.24, 2.45) is 4.99 Å². The van der Waals surface area contributed by atoms with E-state index in [1.165, 1.54) is 7.11 Å². The maximum atomic E-state index is 11.6. The van der Waals surface area contributed by atoms with Gasteiger partial charge in [0.05, 0.1) is 12.8 Å². The zero-order valence-corrected chi connectivity index (χ0v) is 19.7. The van der Waals surface area contributed by atoms with Gasteiger partial charge in [0.1, 0.15) is 6.54 Å². The molecule has 0 radical (unpaired) electrons. The van der Waals surface area contributed by atoms with Gasteiger partial charge in [0.25, 0.3) is 0 Å². The smallest absolute Gasteiger partial charge is 0.409 e. The number of likely N-dealkylation sites (tertiary alicyclic amines) is 1. The zero-order chi connectivity index (χ0) is 19.6. The number of guanidine groups is 1. The predicted molar refractivity (Wildman–Crippen MR) is 120 cm³/mol. The van der Waals surface area contributed by atoms with Crippen LogP contribution in [0.2, 0.25) is 0 Å². The van der Waals surface area contributed by atoms with Crippen LogP contribution in [0.15, 0.2) is 15.6 Å². The Morgan fingerprint density at radius 1 is 1.36 bits per heavy atom. The SMILES string of the molecule is CCNC(=NCc1cc(C(CC)CC)no1)NC1CCN(C(=O)OC)CC1.I. The first-order chi connectivity index (χ1) is 13.1. The summed E-state index contributed by atoms with van der Waals surface area (Å²) in [6.07, 6.45) is 3.58. The number of rotatable bonds is 7. The van der Waals surface area contributed by atoms with Gasteiger partial charge in [0.2, 0.25) is 0 Å². The molecule has 1 aliphatic rings. The number of methoxy groups -OCH3 is 1. The van der Waals surface area contributed by atoms with Crippen LogP contribution in [-0.4, -0.2) is 54.9 Å². The Bertz CT molecular complexity index is 610. The van der Waals surface area contributed by atoms with Crippen molar-refractivity contribution >= 4 is 36.0 Å². The topological polar surface area (TPSA) is 92.0 Å². The lowest BCUT2D eigenvalue weighted by atomic mass is 9.99. The Hall–Kier alpha value is -1.52. The molecule has 0 spiro atoms. The number of carbonyl (C=O) groups excluding carboxylic acids is 1. The lowest BCUT2D eigenvalue weighted by molar-refractivity contribution is 0.111. The van der Waals surface area contributed by atoms with Gasteiger partial charge >= 0.3 is 6.09 Å². The van der Waals surface area contributed by atoms with Gasteiger partial charge in [-0.05, 0) is 32.6 Å². The van der Waals surface area contributed by atoms with E-state index in [0.29, 0.717) is 25.6 Å². The summed E-state index contributed by atoms with van der Waals surface area (Å²) in [7, 11) is 1.42. The molecule has 160 valence electrons. The minimum Gasteiger partial charge on any atom is -0.453 e. The molecule has 9 heteroatoms. The first-order valence-electron chi connectivity index (χ1n) is 9.94. The maximum Gasteiger partial charge on any atom is 0.409 e. The Labute approximate surface area is 184 Å². The molecule has 2 N–H and O–H groups in total. The number of ether oxygens (including phenoxy) is 1. The van der Waals surface area contributed by atoms with E-state index in [9.17, 15) is 4.79 Å². The molecule has 0 unspecified atom stereocenters. The minimum absolute atomic E-state index is 0. The highest BCUT2D eigenvalue weighted by molar-refractivity contribution is 14.0. The van der Waals surface area contributed by atoms with Gasteiger partial charge in [-0.15, -0.1) is 24.0 Å². The van der Waals surface area contributed by atoms with Crippen molar-refractivity contribution in [3.05, 3.63) is 17.5 Å². The van der Waals surface area contributed by atoms with Crippen molar-refractivity contribution in [1.29, 1.82) is 0 Å². The number of nitrogens with one attached hydrogen (secondary N) is 2. The number of carbonyl (C=O) groups is 1. The molecule has 0 saturated carbocycles. The molecule has 1 aliphatic heterocycles. The summed E-state index contributed by atoms with van der Waals surface area (Å²) in [5.74, 6) is 1.97. The van der Waals surface area contributed by atoms with Crippen molar-refractivity contribution in [2.75, 3.05) is 26.7 Å². The molecule has 0 aliphatic carbocycles. The monoisotopic (exact) mass is 507 g/mol. The van der Waals surface area contributed by atoms with Crippen LogP contribution in [-0.2, 0) is 11.3 Å². The highest BCUT2D eigenvalue weighted by Crippen LogP contribution is 2.22. The number of halogens is 1. The van der Waals surface area contributed by atoms with Crippen LogP contribution in [0, 0.1) is 0 Å². The van der Waals surface area contributed by atoms with Gasteiger partial charge < -0.3 is 24.8 Å². The fourth-order valence-electron chi connectivity index (χ4n) is 3.31. The van der Waals surface area contributed by atoms with Crippen molar-refractivity contribution in [3.63, 3.8) is 0 Å². The zero-order valence-electron chi connectivity index (χ0n) is 17.4. The summed E-state index contributed by atoms with van der Waals surface area (Å²) in [6, 6.07) is 2.29. The van der Waals surface area contributed by atoms with E-state index < -0.39 is 0 Å². The van der Waals surface area contributed by atoms with Crippen LogP contribution in [0.4, 0.5) is 4.79 Å². The number of nitrogens with zero attached hydrogens (tertiary/aromatic N) is 3. The van der Waals surface area contributed by atoms with Gasteiger partial charge in [-0.3, -0.25) is 0 Å². The molecule has 0 bridgehead atoms. The van der Waals surface area contributed by atoms with Gasteiger partial charge in [0, 0.05) is 37.7 Å². The summed E-state index contributed by atoms with van der Waals surface area (Å²) in [4.78, 5) is 17.9. The number of hydrogen-bond donors (Lipinski definition) is 2. The number of aromatic nitrogens is 1. The molecule has 2 heterocycles. The molecule has 1 amide bonds. The average molecular weight is 507 g/mol. The average Bonchev–Trinajstić information content (AvgIpc) is 3.16. The molecular weight excluding hydrogens is 473 g/mol. The third-order valence-corrected chi connectivity index (χ3v) is 4.99. The predicted octanol–water partition coefficient (Wildman–Crippen LogP) is 3.48. The molecule has 1 aromatic heterocycles. The third-order valence-electron chi connectivity index (χ3n) is 4.99. The summed E-state index contributed by atoms with van der Waals surface area (Å²) < 4.78 is 10.2. The quantitative estimate of drug-likeness (QED) is 0.334. The number of aliphatic imine (C=N–C) groups is 1. The van der Waals surface area contributed by atoms with Crippen molar-refractivity contribution < 1.29 is 14.1 Å². The summed E-state index contributed by atoms with van der Waals surface area (Å²) in [5.41, 5.74) is 1.01. The summed E-state index contributed by atoms with van der Waals surface area (Å²) in [5, 5.41) is 10.9. The molecule has 28 heavy (non-hydrogen) atoms. The Morgan fingerprint density at radius 3 is 2.61 bits per heavy atom.